The Morgan fingerprint density at radius 2 is 1.78 bits per heavy atom. The van der Waals surface area contributed by atoms with Crippen LogP contribution in [0, 0.1) is 6.92 Å². The van der Waals surface area contributed by atoms with Gasteiger partial charge in [-0.25, -0.2) is 4.98 Å². The van der Waals surface area contributed by atoms with E-state index < -0.39 is 0 Å². The summed E-state index contributed by atoms with van der Waals surface area (Å²) in [5.41, 5.74) is 2.61. The lowest BCUT2D eigenvalue weighted by molar-refractivity contribution is -0.121. The lowest BCUT2D eigenvalue weighted by atomic mass is 10.1. The molecule has 1 heterocycles. The molecule has 140 valence electrons. The van der Waals surface area contributed by atoms with Gasteiger partial charge in [0.25, 0.3) is 5.91 Å². The van der Waals surface area contributed by atoms with E-state index >= 15 is 0 Å². The summed E-state index contributed by atoms with van der Waals surface area (Å²) in [5.74, 6) is 0.670. The van der Waals surface area contributed by atoms with E-state index in [1.54, 1.807) is 12.1 Å². The Morgan fingerprint density at radius 3 is 2.56 bits per heavy atom. The van der Waals surface area contributed by atoms with Crippen molar-refractivity contribution in [1.82, 2.24) is 20.2 Å². The molecule has 3 aromatic rings. The summed E-state index contributed by atoms with van der Waals surface area (Å²) in [5, 5.41) is 5.77. The molecule has 2 N–H and O–H groups in total. The van der Waals surface area contributed by atoms with Gasteiger partial charge >= 0.3 is 0 Å². The molecule has 2 aromatic carbocycles. The van der Waals surface area contributed by atoms with Crippen molar-refractivity contribution in [3.8, 4) is 0 Å². The number of hydrogen-bond donors (Lipinski definition) is 2. The Balaban J connectivity index is 1.46. The highest BCUT2D eigenvalue weighted by Crippen LogP contribution is 2.14. The zero-order valence-electron chi connectivity index (χ0n) is 15.6. The van der Waals surface area contributed by atoms with Crippen molar-refractivity contribution in [2.45, 2.75) is 32.9 Å². The van der Waals surface area contributed by atoms with Crippen molar-refractivity contribution in [2.75, 3.05) is 6.54 Å². The van der Waals surface area contributed by atoms with E-state index in [9.17, 15) is 9.59 Å². The second-order valence-corrected chi connectivity index (χ2v) is 6.59. The highest BCUT2D eigenvalue weighted by molar-refractivity contribution is 5.94. The monoisotopic (exact) mass is 364 g/mol. The van der Waals surface area contributed by atoms with Gasteiger partial charge < -0.3 is 15.2 Å². The normalized spacial score (nSPS) is 11.9. The predicted molar refractivity (Wildman–Crippen MR) is 105 cm³/mol. The van der Waals surface area contributed by atoms with Crippen LogP contribution in [0.2, 0.25) is 0 Å². The summed E-state index contributed by atoms with van der Waals surface area (Å²) in [6.07, 6.45) is 0.238. The molecule has 6 heteroatoms. The number of imidazole rings is 1. The molecule has 1 aromatic heterocycles. The van der Waals surface area contributed by atoms with Crippen LogP contribution in [-0.2, 0) is 11.3 Å². The number of benzene rings is 2. The Hall–Kier alpha value is -3.15. The zero-order chi connectivity index (χ0) is 19.2. The molecule has 3 rings (SSSR count). The molecule has 0 saturated heterocycles. The van der Waals surface area contributed by atoms with Crippen molar-refractivity contribution < 1.29 is 9.59 Å². The molecule has 0 fully saturated rings. The number of nitrogens with zero attached hydrogens (tertiary/aromatic N) is 2. The van der Waals surface area contributed by atoms with Crippen molar-refractivity contribution in [3.05, 3.63) is 66.0 Å². The molecule has 0 aliphatic rings. The van der Waals surface area contributed by atoms with Crippen LogP contribution in [0.15, 0.2) is 54.6 Å². The molecule has 0 aliphatic carbocycles. The SMILES string of the molecule is Cc1nc2ccccc2n1CCNC(=O)CC(C)NC(=O)c1ccccc1. The number of rotatable bonds is 7. The number of carbonyl (C=O) groups is 2. The van der Waals surface area contributed by atoms with Crippen LogP contribution in [0.3, 0.4) is 0 Å². The number of para-hydroxylation sites is 2. The summed E-state index contributed by atoms with van der Waals surface area (Å²) in [6, 6.07) is 16.7. The van der Waals surface area contributed by atoms with E-state index in [2.05, 4.69) is 20.2 Å². The third-order valence-electron chi connectivity index (χ3n) is 4.41. The number of amides is 2. The fraction of sp³-hybridized carbons (Fsp3) is 0.286. The van der Waals surface area contributed by atoms with Crippen LogP contribution in [0.4, 0.5) is 0 Å². The van der Waals surface area contributed by atoms with Gasteiger partial charge in [0.15, 0.2) is 0 Å². The first-order valence-corrected chi connectivity index (χ1v) is 9.09. The van der Waals surface area contributed by atoms with Gasteiger partial charge in [0.1, 0.15) is 5.82 Å². The molecule has 1 unspecified atom stereocenters. The van der Waals surface area contributed by atoms with Crippen molar-refractivity contribution in [2.24, 2.45) is 0 Å². The molecule has 0 bridgehead atoms. The second kappa shape index (κ2) is 8.49. The van der Waals surface area contributed by atoms with E-state index in [1.165, 1.54) is 0 Å². The maximum absolute atomic E-state index is 12.2. The molecule has 0 spiro atoms. The van der Waals surface area contributed by atoms with E-state index in [1.807, 2.05) is 56.3 Å². The Bertz CT molecular complexity index is 934. The summed E-state index contributed by atoms with van der Waals surface area (Å²) in [6.45, 7) is 4.96. The maximum atomic E-state index is 12.2. The Labute approximate surface area is 158 Å². The highest BCUT2D eigenvalue weighted by Gasteiger charge is 2.13. The summed E-state index contributed by atoms with van der Waals surface area (Å²) in [4.78, 5) is 28.8. The van der Waals surface area contributed by atoms with Crippen molar-refractivity contribution >= 4 is 22.8 Å². The van der Waals surface area contributed by atoms with Gasteiger partial charge in [0, 0.05) is 31.1 Å². The van der Waals surface area contributed by atoms with Crippen LogP contribution in [0.25, 0.3) is 11.0 Å². The first-order valence-electron chi connectivity index (χ1n) is 9.09. The molecular formula is C21H24N4O2. The molecule has 27 heavy (non-hydrogen) atoms. The summed E-state index contributed by atoms with van der Waals surface area (Å²) in [7, 11) is 0. The highest BCUT2D eigenvalue weighted by atomic mass is 16.2. The number of aromatic nitrogens is 2. The van der Waals surface area contributed by atoms with Gasteiger partial charge in [-0.15, -0.1) is 0 Å². The van der Waals surface area contributed by atoms with E-state index in [0.29, 0.717) is 18.7 Å². The van der Waals surface area contributed by atoms with E-state index in [0.717, 1.165) is 16.9 Å². The van der Waals surface area contributed by atoms with Crippen molar-refractivity contribution in [3.63, 3.8) is 0 Å². The first kappa shape index (κ1) is 18.6. The van der Waals surface area contributed by atoms with Gasteiger partial charge in [0.2, 0.25) is 5.91 Å². The molecule has 6 nitrogen and oxygen atoms in total. The van der Waals surface area contributed by atoms with Crippen LogP contribution < -0.4 is 10.6 Å². The molecule has 0 saturated carbocycles. The molecule has 0 radical (unpaired) electrons. The molecule has 2 amide bonds. The minimum atomic E-state index is -0.242. The standard InChI is InChI=1S/C21H24N4O2/c1-15(23-21(27)17-8-4-3-5-9-17)14-20(26)22-12-13-25-16(2)24-18-10-6-7-11-19(18)25/h3-11,15H,12-14H2,1-2H3,(H,22,26)(H,23,27). The molecule has 1 atom stereocenters. The zero-order valence-corrected chi connectivity index (χ0v) is 15.6. The fourth-order valence-electron chi connectivity index (χ4n) is 3.08. The van der Waals surface area contributed by atoms with Gasteiger partial charge in [-0.1, -0.05) is 30.3 Å². The van der Waals surface area contributed by atoms with Crippen LogP contribution in [0.1, 0.15) is 29.5 Å². The van der Waals surface area contributed by atoms with Gasteiger partial charge in [-0.05, 0) is 38.1 Å². The topological polar surface area (TPSA) is 76.0 Å². The lowest BCUT2D eigenvalue weighted by Gasteiger charge is -2.14. The fourth-order valence-corrected chi connectivity index (χ4v) is 3.08. The van der Waals surface area contributed by atoms with E-state index in [4.69, 9.17) is 0 Å². The van der Waals surface area contributed by atoms with Gasteiger partial charge in [-0.2, -0.15) is 0 Å². The number of nitrogens with one attached hydrogen (secondary N) is 2. The second-order valence-electron chi connectivity index (χ2n) is 6.59. The predicted octanol–water partition coefficient (Wildman–Crippen LogP) is 2.67. The quantitative estimate of drug-likeness (QED) is 0.677. The maximum Gasteiger partial charge on any atom is 0.251 e. The minimum Gasteiger partial charge on any atom is -0.354 e. The third kappa shape index (κ3) is 4.73. The first-order chi connectivity index (χ1) is 13.0. The third-order valence-corrected chi connectivity index (χ3v) is 4.41. The Kier molecular flexibility index (Phi) is 5.86. The average molecular weight is 364 g/mol. The number of carbonyl (C=O) groups excluding carboxylic acids is 2. The van der Waals surface area contributed by atoms with Crippen LogP contribution in [0.5, 0.6) is 0 Å². The van der Waals surface area contributed by atoms with Crippen molar-refractivity contribution in [1.29, 1.82) is 0 Å². The van der Waals surface area contributed by atoms with Crippen LogP contribution in [-0.4, -0.2) is 34.0 Å². The summed E-state index contributed by atoms with van der Waals surface area (Å²) >= 11 is 0. The molecular weight excluding hydrogens is 340 g/mol. The average Bonchev–Trinajstić information content (AvgIpc) is 2.98. The smallest absolute Gasteiger partial charge is 0.251 e. The number of aryl methyl sites for hydroxylation is 1. The summed E-state index contributed by atoms with van der Waals surface area (Å²) < 4.78 is 2.09. The number of fused-ring (bicyclic) bond motifs is 1. The van der Waals surface area contributed by atoms with E-state index in [-0.39, 0.29) is 24.3 Å². The van der Waals surface area contributed by atoms with Gasteiger partial charge in [0.05, 0.1) is 11.0 Å². The lowest BCUT2D eigenvalue weighted by Crippen LogP contribution is -2.38. The molecule has 0 aliphatic heterocycles. The minimum absolute atomic E-state index is 0.0852. The van der Waals surface area contributed by atoms with Gasteiger partial charge in [-0.3, -0.25) is 9.59 Å². The largest absolute Gasteiger partial charge is 0.354 e. The Morgan fingerprint density at radius 1 is 1.07 bits per heavy atom. The van der Waals surface area contributed by atoms with Crippen LogP contribution >= 0.6 is 0 Å². The number of hydrogen-bond acceptors (Lipinski definition) is 3.